The van der Waals surface area contributed by atoms with Crippen LogP contribution in [0.4, 0.5) is 5.82 Å². The van der Waals surface area contributed by atoms with Crippen molar-refractivity contribution < 1.29 is 4.74 Å². The fourth-order valence-electron chi connectivity index (χ4n) is 1.92. The summed E-state index contributed by atoms with van der Waals surface area (Å²) in [6.45, 7) is 4.70. The lowest BCUT2D eigenvalue weighted by atomic mass is 10.1. The Hall–Kier alpha value is -1.36. The molecule has 1 aliphatic heterocycles. The summed E-state index contributed by atoms with van der Waals surface area (Å²) in [6.07, 6.45) is 4.59. The minimum absolute atomic E-state index is 0.337. The number of ether oxygens (including phenoxy) is 1. The third-order valence-corrected chi connectivity index (χ3v) is 2.95. The molecule has 1 aromatic rings. The smallest absolute Gasteiger partial charge is 0.218 e. The van der Waals surface area contributed by atoms with Gasteiger partial charge in [-0.2, -0.15) is 0 Å². The number of hydrogen-bond donors (Lipinski definition) is 1. The molecule has 1 aliphatic rings. The van der Waals surface area contributed by atoms with E-state index in [-0.39, 0.29) is 0 Å². The van der Waals surface area contributed by atoms with Gasteiger partial charge in [0.2, 0.25) is 5.88 Å². The number of nitrogens with zero attached hydrogens (tertiary/aromatic N) is 3. The van der Waals surface area contributed by atoms with Gasteiger partial charge in [0.25, 0.3) is 0 Å². The van der Waals surface area contributed by atoms with Gasteiger partial charge in [0, 0.05) is 25.2 Å². The quantitative estimate of drug-likeness (QED) is 0.850. The first-order valence-corrected chi connectivity index (χ1v) is 6.25. The predicted molar refractivity (Wildman–Crippen MR) is 67.2 cm³/mol. The molecule has 0 saturated carbocycles. The Kier molecular flexibility index (Phi) is 4.14. The molecule has 5 nitrogen and oxygen atoms in total. The molecule has 94 valence electrons. The first-order chi connectivity index (χ1) is 8.29. The van der Waals surface area contributed by atoms with E-state index in [9.17, 15) is 0 Å². The standard InChI is InChI=1S/C12H20N4O/c1-2-7-17-12-8-11(14-9-15-12)16-5-3-10(13)4-6-16/h8-10H,2-7,13H2,1H3. The lowest BCUT2D eigenvalue weighted by Gasteiger charge is -2.30. The number of nitrogens with two attached hydrogens (primary N) is 1. The summed E-state index contributed by atoms with van der Waals surface area (Å²) >= 11 is 0. The lowest BCUT2D eigenvalue weighted by molar-refractivity contribution is 0.304. The molecule has 2 rings (SSSR count). The zero-order chi connectivity index (χ0) is 12.1. The molecule has 0 aliphatic carbocycles. The highest BCUT2D eigenvalue weighted by Crippen LogP contribution is 2.19. The van der Waals surface area contributed by atoms with Crippen molar-refractivity contribution in [3.8, 4) is 5.88 Å². The van der Waals surface area contributed by atoms with Crippen LogP contribution < -0.4 is 15.4 Å². The van der Waals surface area contributed by atoms with Gasteiger partial charge in [-0.25, -0.2) is 9.97 Å². The minimum atomic E-state index is 0.337. The molecule has 5 heteroatoms. The molecule has 0 unspecified atom stereocenters. The molecule has 0 radical (unpaired) electrons. The van der Waals surface area contributed by atoms with E-state index in [0.717, 1.165) is 38.2 Å². The third-order valence-electron chi connectivity index (χ3n) is 2.95. The summed E-state index contributed by atoms with van der Waals surface area (Å²) in [6, 6.07) is 2.25. The highest BCUT2D eigenvalue weighted by molar-refractivity contribution is 5.41. The number of rotatable bonds is 4. The third kappa shape index (κ3) is 3.30. The van der Waals surface area contributed by atoms with Crippen LogP contribution in [0.2, 0.25) is 0 Å². The highest BCUT2D eigenvalue weighted by Gasteiger charge is 2.17. The van der Waals surface area contributed by atoms with Gasteiger partial charge >= 0.3 is 0 Å². The van der Waals surface area contributed by atoms with Gasteiger partial charge in [0.15, 0.2) is 0 Å². The van der Waals surface area contributed by atoms with Gasteiger partial charge in [-0.3, -0.25) is 0 Å². The Bertz CT molecular complexity index is 350. The summed E-state index contributed by atoms with van der Waals surface area (Å²) in [5.74, 6) is 1.60. The molecule has 0 amide bonds. The molecular formula is C12H20N4O. The van der Waals surface area contributed by atoms with Crippen molar-refractivity contribution in [2.75, 3.05) is 24.6 Å². The van der Waals surface area contributed by atoms with Crippen molar-refractivity contribution in [1.82, 2.24) is 9.97 Å². The van der Waals surface area contributed by atoms with E-state index in [4.69, 9.17) is 10.5 Å². The Balaban J connectivity index is 2.00. The molecule has 0 spiro atoms. The molecular weight excluding hydrogens is 216 g/mol. The molecule has 0 atom stereocenters. The van der Waals surface area contributed by atoms with Crippen molar-refractivity contribution in [2.24, 2.45) is 5.73 Å². The fraction of sp³-hybridized carbons (Fsp3) is 0.667. The Morgan fingerprint density at radius 2 is 2.18 bits per heavy atom. The van der Waals surface area contributed by atoms with Crippen molar-refractivity contribution in [2.45, 2.75) is 32.2 Å². The highest BCUT2D eigenvalue weighted by atomic mass is 16.5. The Labute approximate surface area is 102 Å². The van der Waals surface area contributed by atoms with Crippen molar-refractivity contribution >= 4 is 5.82 Å². The number of aromatic nitrogens is 2. The second-order valence-corrected chi connectivity index (χ2v) is 4.39. The van der Waals surface area contributed by atoms with Crippen LogP contribution in [-0.4, -0.2) is 35.7 Å². The van der Waals surface area contributed by atoms with Crippen LogP contribution in [-0.2, 0) is 0 Å². The average Bonchev–Trinajstić information content (AvgIpc) is 2.37. The van der Waals surface area contributed by atoms with Gasteiger partial charge in [-0.15, -0.1) is 0 Å². The second-order valence-electron chi connectivity index (χ2n) is 4.39. The summed E-state index contributed by atoms with van der Waals surface area (Å²) in [4.78, 5) is 10.6. The minimum Gasteiger partial charge on any atom is -0.478 e. The van der Waals surface area contributed by atoms with E-state index in [1.54, 1.807) is 6.33 Å². The summed E-state index contributed by atoms with van der Waals surface area (Å²) in [7, 11) is 0. The molecule has 0 bridgehead atoms. The molecule has 17 heavy (non-hydrogen) atoms. The van der Waals surface area contributed by atoms with E-state index >= 15 is 0 Å². The predicted octanol–water partition coefficient (Wildman–Crippen LogP) is 1.19. The molecule has 2 heterocycles. The molecule has 1 aromatic heterocycles. The average molecular weight is 236 g/mol. The van der Waals surface area contributed by atoms with Crippen LogP contribution in [0.15, 0.2) is 12.4 Å². The zero-order valence-corrected chi connectivity index (χ0v) is 10.3. The van der Waals surface area contributed by atoms with Crippen molar-refractivity contribution in [1.29, 1.82) is 0 Å². The number of hydrogen-bond acceptors (Lipinski definition) is 5. The topological polar surface area (TPSA) is 64.3 Å². The molecule has 2 N–H and O–H groups in total. The number of anilines is 1. The van der Waals surface area contributed by atoms with E-state index in [0.29, 0.717) is 18.5 Å². The monoisotopic (exact) mass is 236 g/mol. The van der Waals surface area contributed by atoms with Crippen LogP contribution in [0.5, 0.6) is 5.88 Å². The molecule has 1 fully saturated rings. The second kappa shape index (κ2) is 5.82. The van der Waals surface area contributed by atoms with Crippen LogP contribution in [0.25, 0.3) is 0 Å². The van der Waals surface area contributed by atoms with Crippen molar-refractivity contribution in [3.05, 3.63) is 12.4 Å². The van der Waals surface area contributed by atoms with E-state index in [1.165, 1.54) is 0 Å². The maximum absolute atomic E-state index is 5.89. The van der Waals surface area contributed by atoms with Crippen LogP contribution in [0.1, 0.15) is 26.2 Å². The van der Waals surface area contributed by atoms with Gasteiger partial charge in [-0.1, -0.05) is 6.92 Å². The Morgan fingerprint density at radius 1 is 1.41 bits per heavy atom. The van der Waals surface area contributed by atoms with E-state index in [1.807, 2.05) is 6.07 Å². The number of piperidine rings is 1. The normalized spacial score (nSPS) is 17.2. The molecule has 1 saturated heterocycles. The Morgan fingerprint density at radius 3 is 2.88 bits per heavy atom. The van der Waals surface area contributed by atoms with E-state index < -0.39 is 0 Å². The summed E-state index contributed by atoms with van der Waals surface area (Å²) in [5, 5.41) is 0. The maximum atomic E-state index is 5.89. The summed E-state index contributed by atoms with van der Waals surface area (Å²) < 4.78 is 5.51. The van der Waals surface area contributed by atoms with Crippen LogP contribution >= 0.6 is 0 Å². The van der Waals surface area contributed by atoms with Crippen LogP contribution in [0, 0.1) is 0 Å². The van der Waals surface area contributed by atoms with Gasteiger partial charge in [0.05, 0.1) is 6.61 Å². The van der Waals surface area contributed by atoms with Gasteiger partial charge < -0.3 is 15.4 Å². The largest absolute Gasteiger partial charge is 0.478 e. The fourth-order valence-corrected chi connectivity index (χ4v) is 1.92. The van der Waals surface area contributed by atoms with Gasteiger partial charge in [-0.05, 0) is 19.3 Å². The van der Waals surface area contributed by atoms with Crippen LogP contribution in [0.3, 0.4) is 0 Å². The SMILES string of the molecule is CCCOc1cc(N2CCC(N)CC2)ncn1. The first-order valence-electron chi connectivity index (χ1n) is 6.25. The molecule has 0 aromatic carbocycles. The zero-order valence-electron chi connectivity index (χ0n) is 10.3. The van der Waals surface area contributed by atoms with E-state index in [2.05, 4.69) is 21.8 Å². The first kappa shape index (κ1) is 12.1. The lowest BCUT2D eigenvalue weighted by Crippen LogP contribution is -2.40. The van der Waals surface area contributed by atoms with Gasteiger partial charge in [0.1, 0.15) is 12.1 Å². The van der Waals surface area contributed by atoms with Crippen molar-refractivity contribution in [3.63, 3.8) is 0 Å². The maximum Gasteiger partial charge on any atom is 0.218 e. The summed E-state index contributed by atoms with van der Waals surface area (Å²) in [5.41, 5.74) is 5.89.